The highest BCUT2D eigenvalue weighted by Gasteiger charge is 2.17. The largest absolute Gasteiger partial charge is 0.348 e. The van der Waals surface area contributed by atoms with Gasteiger partial charge in [0.05, 0.1) is 15.6 Å². The van der Waals surface area contributed by atoms with Crippen LogP contribution in [0.3, 0.4) is 0 Å². The number of hydrogen-bond acceptors (Lipinski definition) is 2. The molecule has 1 unspecified atom stereocenters. The van der Waals surface area contributed by atoms with E-state index in [1.165, 1.54) is 0 Å². The minimum Gasteiger partial charge on any atom is -0.348 e. The number of halogens is 2. The second-order valence-electron chi connectivity index (χ2n) is 4.14. The average Bonchev–Trinajstić information content (AvgIpc) is 2.34. The first kappa shape index (κ1) is 15.3. The summed E-state index contributed by atoms with van der Waals surface area (Å²) in [5.41, 5.74) is 5.95. The molecule has 5 heteroatoms. The van der Waals surface area contributed by atoms with E-state index in [9.17, 15) is 4.79 Å². The van der Waals surface area contributed by atoms with Crippen molar-refractivity contribution in [3.05, 3.63) is 33.8 Å². The molecule has 0 spiro atoms. The smallest absolute Gasteiger partial charge is 0.254 e. The number of benzene rings is 1. The van der Waals surface area contributed by atoms with Crippen LogP contribution in [0.25, 0.3) is 0 Å². The van der Waals surface area contributed by atoms with E-state index in [2.05, 4.69) is 12.2 Å². The van der Waals surface area contributed by atoms with Crippen LogP contribution in [-0.2, 0) is 0 Å². The number of carbonyl (C=O) groups is 1. The van der Waals surface area contributed by atoms with Gasteiger partial charge in [0.2, 0.25) is 0 Å². The van der Waals surface area contributed by atoms with Crippen LogP contribution in [0.5, 0.6) is 0 Å². The van der Waals surface area contributed by atoms with Crippen LogP contribution in [-0.4, -0.2) is 18.5 Å². The monoisotopic (exact) mass is 288 g/mol. The van der Waals surface area contributed by atoms with Crippen LogP contribution in [0, 0.1) is 0 Å². The lowest BCUT2D eigenvalue weighted by molar-refractivity contribution is 0.0936. The Kier molecular flexibility index (Phi) is 6.47. The predicted octanol–water partition coefficient (Wildman–Crippen LogP) is 3.24. The molecule has 18 heavy (non-hydrogen) atoms. The number of unbranched alkanes of at least 4 members (excludes halogenated alkanes) is 1. The minimum absolute atomic E-state index is 0.0372. The van der Waals surface area contributed by atoms with Gasteiger partial charge in [-0.05, 0) is 18.6 Å². The maximum atomic E-state index is 12.1. The van der Waals surface area contributed by atoms with Crippen LogP contribution >= 0.6 is 23.2 Å². The van der Waals surface area contributed by atoms with Crippen LogP contribution in [0.4, 0.5) is 0 Å². The Hall–Kier alpha value is -0.770. The Morgan fingerprint density at radius 1 is 1.39 bits per heavy atom. The molecule has 3 N–H and O–H groups in total. The summed E-state index contributed by atoms with van der Waals surface area (Å²) in [5.74, 6) is -0.267. The molecule has 1 aromatic carbocycles. The van der Waals surface area contributed by atoms with Crippen molar-refractivity contribution < 1.29 is 4.79 Å². The van der Waals surface area contributed by atoms with E-state index < -0.39 is 0 Å². The highest BCUT2D eigenvalue weighted by Crippen LogP contribution is 2.24. The van der Waals surface area contributed by atoms with Crippen molar-refractivity contribution >= 4 is 29.1 Å². The van der Waals surface area contributed by atoms with E-state index in [4.69, 9.17) is 28.9 Å². The van der Waals surface area contributed by atoms with Gasteiger partial charge in [-0.2, -0.15) is 0 Å². The molecule has 0 saturated carbocycles. The van der Waals surface area contributed by atoms with Crippen molar-refractivity contribution in [1.29, 1.82) is 0 Å². The molecule has 1 rings (SSSR count). The molecule has 0 radical (unpaired) electrons. The van der Waals surface area contributed by atoms with E-state index in [1.807, 2.05) is 0 Å². The third-order valence-corrected chi connectivity index (χ3v) is 3.35. The maximum absolute atomic E-state index is 12.1. The van der Waals surface area contributed by atoms with Gasteiger partial charge in [-0.3, -0.25) is 4.79 Å². The molecule has 1 aromatic rings. The molecule has 3 nitrogen and oxygen atoms in total. The molecule has 0 aliphatic carbocycles. The van der Waals surface area contributed by atoms with Gasteiger partial charge in [0.1, 0.15) is 0 Å². The molecule has 0 aliphatic heterocycles. The Balaban J connectivity index is 2.75. The SMILES string of the molecule is CCCCC(CN)NC(=O)c1c(Cl)cccc1Cl. The van der Waals surface area contributed by atoms with Crippen LogP contribution in [0.15, 0.2) is 18.2 Å². The summed E-state index contributed by atoms with van der Waals surface area (Å²) in [7, 11) is 0. The zero-order chi connectivity index (χ0) is 13.5. The lowest BCUT2D eigenvalue weighted by atomic mass is 10.1. The first-order valence-corrected chi connectivity index (χ1v) is 6.80. The van der Waals surface area contributed by atoms with Crippen LogP contribution in [0.2, 0.25) is 10.0 Å². The van der Waals surface area contributed by atoms with Gasteiger partial charge in [0.15, 0.2) is 0 Å². The predicted molar refractivity (Wildman–Crippen MR) is 76.3 cm³/mol. The maximum Gasteiger partial charge on any atom is 0.254 e. The zero-order valence-electron chi connectivity index (χ0n) is 10.4. The number of amides is 1. The first-order valence-electron chi connectivity index (χ1n) is 6.05. The Labute approximate surface area is 118 Å². The van der Waals surface area contributed by atoms with E-state index in [-0.39, 0.29) is 11.9 Å². The molecule has 0 aromatic heterocycles. The molecular weight excluding hydrogens is 271 g/mol. The van der Waals surface area contributed by atoms with Crippen molar-refractivity contribution in [3.8, 4) is 0 Å². The summed E-state index contributed by atoms with van der Waals surface area (Å²) in [6.07, 6.45) is 2.96. The summed E-state index contributed by atoms with van der Waals surface area (Å²) >= 11 is 12.0. The van der Waals surface area contributed by atoms with Gasteiger partial charge in [0.25, 0.3) is 5.91 Å². The zero-order valence-corrected chi connectivity index (χ0v) is 11.9. The normalized spacial score (nSPS) is 12.2. The fraction of sp³-hybridized carbons (Fsp3) is 0.462. The van der Waals surface area contributed by atoms with Crippen molar-refractivity contribution in [3.63, 3.8) is 0 Å². The van der Waals surface area contributed by atoms with Gasteiger partial charge in [0, 0.05) is 12.6 Å². The van der Waals surface area contributed by atoms with Crippen LogP contribution in [0.1, 0.15) is 36.5 Å². The lowest BCUT2D eigenvalue weighted by Crippen LogP contribution is -2.40. The van der Waals surface area contributed by atoms with E-state index >= 15 is 0 Å². The fourth-order valence-corrected chi connectivity index (χ4v) is 2.24. The summed E-state index contributed by atoms with van der Waals surface area (Å²) in [6, 6.07) is 4.96. The number of nitrogens with one attached hydrogen (secondary N) is 1. The van der Waals surface area contributed by atoms with E-state index in [0.29, 0.717) is 22.2 Å². The molecule has 1 amide bonds. The highest BCUT2D eigenvalue weighted by molar-refractivity contribution is 6.39. The third kappa shape index (κ3) is 4.16. The molecular formula is C13H18Cl2N2O. The number of hydrogen-bond donors (Lipinski definition) is 2. The Bertz CT molecular complexity index is 390. The summed E-state index contributed by atoms with van der Waals surface area (Å²) < 4.78 is 0. The van der Waals surface area contributed by atoms with E-state index in [1.54, 1.807) is 18.2 Å². The van der Waals surface area contributed by atoms with E-state index in [0.717, 1.165) is 19.3 Å². The molecule has 1 atom stereocenters. The Morgan fingerprint density at radius 3 is 2.50 bits per heavy atom. The standard InChI is InChI=1S/C13H18Cl2N2O/c1-2-3-5-9(8-16)17-13(18)12-10(14)6-4-7-11(12)15/h4,6-7,9H,2-3,5,8,16H2,1H3,(H,17,18). The summed E-state index contributed by atoms with van der Waals surface area (Å²) in [4.78, 5) is 12.1. The quantitative estimate of drug-likeness (QED) is 0.844. The third-order valence-electron chi connectivity index (χ3n) is 2.72. The lowest BCUT2D eigenvalue weighted by Gasteiger charge is -2.17. The first-order chi connectivity index (χ1) is 8.60. The number of carbonyl (C=O) groups excluding carboxylic acids is 1. The molecule has 0 fully saturated rings. The topological polar surface area (TPSA) is 55.1 Å². The molecule has 100 valence electrons. The average molecular weight is 289 g/mol. The summed E-state index contributed by atoms with van der Waals surface area (Å²) in [5, 5.41) is 3.57. The second-order valence-corrected chi connectivity index (χ2v) is 4.96. The fourth-order valence-electron chi connectivity index (χ4n) is 1.67. The molecule has 0 bridgehead atoms. The number of rotatable bonds is 6. The highest BCUT2D eigenvalue weighted by atomic mass is 35.5. The van der Waals surface area contributed by atoms with Gasteiger partial charge in [-0.25, -0.2) is 0 Å². The van der Waals surface area contributed by atoms with Gasteiger partial charge < -0.3 is 11.1 Å². The molecule has 0 aliphatic rings. The second kappa shape index (κ2) is 7.62. The van der Waals surface area contributed by atoms with Crippen molar-refractivity contribution in [2.45, 2.75) is 32.2 Å². The van der Waals surface area contributed by atoms with Crippen molar-refractivity contribution in [2.24, 2.45) is 5.73 Å². The number of nitrogens with two attached hydrogens (primary N) is 1. The van der Waals surface area contributed by atoms with Crippen molar-refractivity contribution in [2.75, 3.05) is 6.54 Å². The minimum atomic E-state index is -0.267. The Morgan fingerprint density at radius 2 is 2.00 bits per heavy atom. The summed E-state index contributed by atoms with van der Waals surface area (Å²) in [6.45, 7) is 2.51. The molecule has 0 heterocycles. The van der Waals surface area contributed by atoms with Crippen molar-refractivity contribution in [1.82, 2.24) is 5.32 Å². The van der Waals surface area contributed by atoms with Gasteiger partial charge >= 0.3 is 0 Å². The van der Waals surface area contributed by atoms with Crippen LogP contribution < -0.4 is 11.1 Å². The van der Waals surface area contributed by atoms with Gasteiger partial charge in [-0.1, -0.05) is 49.0 Å². The van der Waals surface area contributed by atoms with Gasteiger partial charge in [-0.15, -0.1) is 0 Å². The molecule has 0 saturated heterocycles.